The van der Waals surface area contributed by atoms with E-state index in [1.807, 2.05) is 0 Å². The van der Waals surface area contributed by atoms with Gasteiger partial charge in [-0.3, -0.25) is 0 Å². The highest BCUT2D eigenvalue weighted by Crippen LogP contribution is 2.29. The van der Waals surface area contributed by atoms with Crippen molar-refractivity contribution in [3.05, 3.63) is 60.4 Å². The third kappa shape index (κ3) is 9.70. The van der Waals surface area contributed by atoms with Crippen LogP contribution in [0.15, 0.2) is 48.5 Å². The topological polar surface area (TPSA) is 44.2 Å². The number of benzene rings is 1. The van der Waals surface area contributed by atoms with Gasteiger partial charge in [-0.05, 0) is 36.1 Å². The predicted molar refractivity (Wildman–Crippen MR) is 151 cm³/mol. The van der Waals surface area contributed by atoms with Crippen molar-refractivity contribution in [2.75, 3.05) is 13.2 Å². The number of pyridine rings is 2. The quantitative estimate of drug-likeness (QED) is 0.123. The van der Waals surface area contributed by atoms with Crippen molar-refractivity contribution in [1.82, 2.24) is 9.97 Å². The molecule has 0 atom stereocenters. The lowest BCUT2D eigenvalue weighted by Gasteiger charge is -2.10. The van der Waals surface area contributed by atoms with Crippen molar-refractivity contribution in [3.63, 3.8) is 0 Å². The van der Waals surface area contributed by atoms with E-state index in [0.29, 0.717) is 47.2 Å². The van der Waals surface area contributed by atoms with Gasteiger partial charge >= 0.3 is 0 Å². The van der Waals surface area contributed by atoms with Gasteiger partial charge in [0, 0.05) is 23.3 Å². The number of unbranched alkanes of at least 4 members (excludes halogenated alkanes) is 10. The Labute approximate surface area is 226 Å². The molecule has 0 aliphatic carbocycles. The Morgan fingerprint density at radius 2 is 0.868 bits per heavy atom. The first-order valence-corrected chi connectivity index (χ1v) is 14.3. The fourth-order valence-corrected chi connectivity index (χ4v) is 4.37. The number of ether oxygens (including phenoxy) is 2. The Kier molecular flexibility index (Phi) is 13.0. The average molecular weight is 525 g/mol. The van der Waals surface area contributed by atoms with E-state index in [2.05, 4.69) is 23.8 Å². The van der Waals surface area contributed by atoms with Gasteiger partial charge in [-0.1, -0.05) is 102 Å². The van der Waals surface area contributed by atoms with Gasteiger partial charge in [0.15, 0.2) is 0 Å². The van der Waals surface area contributed by atoms with Crippen LogP contribution < -0.4 is 9.47 Å². The minimum absolute atomic E-state index is 0.295. The summed E-state index contributed by atoms with van der Waals surface area (Å²) >= 11 is 0. The van der Waals surface area contributed by atoms with Gasteiger partial charge in [0.1, 0.15) is 0 Å². The summed E-state index contributed by atoms with van der Waals surface area (Å²) in [4.78, 5) is 7.95. The molecule has 0 amide bonds. The van der Waals surface area contributed by atoms with E-state index in [-0.39, 0.29) is 0 Å². The summed E-state index contributed by atoms with van der Waals surface area (Å²) in [6.07, 6.45) is 14.0. The molecule has 3 aromatic rings. The number of halogens is 2. The fraction of sp³-hybridized carbons (Fsp3) is 0.500. The van der Waals surface area contributed by atoms with Gasteiger partial charge in [-0.15, -0.1) is 0 Å². The van der Waals surface area contributed by atoms with Gasteiger partial charge in [0.25, 0.3) is 0 Å². The minimum atomic E-state index is -0.585. The molecule has 0 aliphatic heterocycles. The van der Waals surface area contributed by atoms with Crippen LogP contribution in [0.5, 0.6) is 11.8 Å². The molecular formula is C32H42F2N2O2. The van der Waals surface area contributed by atoms with E-state index >= 15 is 0 Å². The molecule has 38 heavy (non-hydrogen) atoms. The molecule has 1 aromatic carbocycles. The van der Waals surface area contributed by atoms with Crippen LogP contribution in [0.4, 0.5) is 8.78 Å². The first-order valence-electron chi connectivity index (χ1n) is 14.3. The fourth-order valence-electron chi connectivity index (χ4n) is 4.37. The van der Waals surface area contributed by atoms with Crippen molar-refractivity contribution >= 4 is 0 Å². The molecule has 0 saturated carbocycles. The first-order chi connectivity index (χ1) is 18.6. The molecule has 206 valence electrons. The van der Waals surface area contributed by atoms with E-state index < -0.39 is 11.9 Å². The summed E-state index contributed by atoms with van der Waals surface area (Å²) in [7, 11) is 0. The third-order valence-corrected chi connectivity index (χ3v) is 6.65. The second-order valence-electron chi connectivity index (χ2n) is 9.79. The Bertz CT molecular complexity index is 1000. The van der Waals surface area contributed by atoms with Crippen molar-refractivity contribution in [2.24, 2.45) is 0 Å². The van der Waals surface area contributed by atoms with E-state index in [0.717, 1.165) is 25.7 Å². The zero-order valence-electron chi connectivity index (χ0n) is 23.0. The van der Waals surface area contributed by atoms with Crippen LogP contribution in [0.25, 0.3) is 22.3 Å². The molecule has 0 aliphatic rings. The molecular weight excluding hydrogens is 482 g/mol. The smallest absolute Gasteiger partial charge is 0.224 e. The van der Waals surface area contributed by atoms with Crippen LogP contribution >= 0.6 is 0 Å². The van der Waals surface area contributed by atoms with Gasteiger partial charge in [0.05, 0.1) is 13.2 Å². The maximum Gasteiger partial charge on any atom is 0.224 e. The van der Waals surface area contributed by atoms with Gasteiger partial charge in [-0.25, -0.2) is 0 Å². The Morgan fingerprint density at radius 3 is 1.24 bits per heavy atom. The zero-order valence-corrected chi connectivity index (χ0v) is 23.0. The molecule has 3 rings (SSSR count). The lowest BCUT2D eigenvalue weighted by atomic mass is 10.0. The lowest BCUT2D eigenvalue weighted by molar-refractivity contribution is 0.289. The highest BCUT2D eigenvalue weighted by Gasteiger charge is 2.12. The van der Waals surface area contributed by atoms with Crippen LogP contribution in [0.1, 0.15) is 90.9 Å². The van der Waals surface area contributed by atoms with Crippen molar-refractivity contribution < 1.29 is 18.3 Å². The van der Waals surface area contributed by atoms with Gasteiger partial charge < -0.3 is 9.47 Å². The normalized spacial score (nSPS) is 11.1. The maximum atomic E-state index is 14.7. The first kappa shape index (κ1) is 29.5. The standard InChI is InChI=1S/C32H42F2N2O2/c1-3-5-7-9-11-13-23-37-29-21-19-27(31(33)35-29)25-15-17-26(18-16-25)28-20-22-30(36-32(28)34)38-24-14-12-10-8-6-4-2/h15-22H,3-14,23-24H2,1-2H3. The second kappa shape index (κ2) is 16.7. The molecule has 0 unspecified atom stereocenters. The van der Waals surface area contributed by atoms with Crippen molar-refractivity contribution in [3.8, 4) is 34.0 Å². The summed E-state index contributed by atoms with van der Waals surface area (Å²) in [5.74, 6) is -0.581. The molecule has 0 bridgehead atoms. The van der Waals surface area contributed by atoms with Crippen LogP contribution in [-0.2, 0) is 0 Å². The summed E-state index contributed by atoms with van der Waals surface area (Å²) in [5, 5.41) is 0. The summed E-state index contributed by atoms with van der Waals surface area (Å²) < 4.78 is 40.7. The number of aromatic nitrogens is 2. The number of nitrogens with zero attached hydrogens (tertiary/aromatic N) is 2. The highest BCUT2D eigenvalue weighted by atomic mass is 19.1. The maximum absolute atomic E-state index is 14.7. The number of rotatable bonds is 18. The lowest BCUT2D eigenvalue weighted by Crippen LogP contribution is -2.01. The zero-order chi connectivity index (χ0) is 27.0. The molecule has 0 fully saturated rings. The predicted octanol–water partition coefficient (Wildman–Crippen LogP) is 9.57. The van der Waals surface area contributed by atoms with Crippen LogP contribution in [0.2, 0.25) is 0 Å². The molecule has 0 radical (unpaired) electrons. The summed E-state index contributed by atoms with van der Waals surface area (Å²) in [6, 6.07) is 13.8. The number of hydrogen-bond acceptors (Lipinski definition) is 4. The molecule has 2 aromatic heterocycles. The number of hydrogen-bond donors (Lipinski definition) is 0. The second-order valence-corrected chi connectivity index (χ2v) is 9.79. The molecule has 0 spiro atoms. The minimum Gasteiger partial charge on any atom is -0.478 e. The third-order valence-electron chi connectivity index (χ3n) is 6.65. The summed E-state index contributed by atoms with van der Waals surface area (Å²) in [6.45, 7) is 5.47. The average Bonchev–Trinajstić information content (AvgIpc) is 2.92. The largest absolute Gasteiger partial charge is 0.478 e. The van der Waals surface area contributed by atoms with E-state index in [1.54, 1.807) is 48.5 Å². The molecule has 0 N–H and O–H groups in total. The van der Waals surface area contributed by atoms with Crippen LogP contribution in [0.3, 0.4) is 0 Å². The Hall–Kier alpha value is -3.02. The summed E-state index contributed by atoms with van der Waals surface area (Å²) in [5.41, 5.74) is 2.07. The van der Waals surface area contributed by atoms with E-state index in [1.165, 1.54) is 51.4 Å². The van der Waals surface area contributed by atoms with Gasteiger partial charge in [0.2, 0.25) is 23.7 Å². The van der Waals surface area contributed by atoms with Crippen molar-refractivity contribution in [2.45, 2.75) is 90.9 Å². The van der Waals surface area contributed by atoms with Crippen LogP contribution in [0, 0.1) is 11.9 Å². The van der Waals surface area contributed by atoms with E-state index in [9.17, 15) is 8.78 Å². The Balaban J connectivity index is 1.51. The molecule has 6 heteroatoms. The van der Waals surface area contributed by atoms with Gasteiger partial charge in [-0.2, -0.15) is 18.7 Å². The van der Waals surface area contributed by atoms with E-state index in [4.69, 9.17) is 9.47 Å². The van der Waals surface area contributed by atoms with Crippen molar-refractivity contribution in [1.29, 1.82) is 0 Å². The molecule has 0 saturated heterocycles. The van der Waals surface area contributed by atoms with Crippen LogP contribution in [-0.4, -0.2) is 23.2 Å². The molecule has 2 heterocycles. The molecule has 4 nitrogen and oxygen atoms in total. The highest BCUT2D eigenvalue weighted by molar-refractivity contribution is 5.70. The Morgan fingerprint density at radius 1 is 0.500 bits per heavy atom. The SMILES string of the molecule is CCCCCCCCOc1ccc(-c2ccc(-c3ccc(OCCCCCCCC)nc3F)cc2)c(F)n1. The monoisotopic (exact) mass is 524 g/mol.